The molecule has 0 aliphatic heterocycles. The highest BCUT2D eigenvalue weighted by molar-refractivity contribution is 6.67. The van der Waals surface area contributed by atoms with Crippen molar-refractivity contribution in [3.8, 4) is 5.69 Å². The summed E-state index contributed by atoms with van der Waals surface area (Å²) in [6, 6.07) is 19.8. The smallest absolute Gasteiger partial charge is 0.273 e. The molecule has 0 aliphatic rings. The highest BCUT2D eigenvalue weighted by Gasteiger charge is 2.20. The molecule has 3 aromatic rings. The minimum absolute atomic E-state index is 0.288. The van der Waals surface area contributed by atoms with Gasteiger partial charge in [-0.2, -0.15) is 5.10 Å². The van der Waals surface area contributed by atoms with Gasteiger partial charge in [0.15, 0.2) is 0 Å². The van der Waals surface area contributed by atoms with E-state index in [4.69, 9.17) is 11.6 Å². The SMILES string of the molecule is CC(=Cc1ccccc1)c1c(C)c(C(=O)Cl)nn1-c1ccccc1. The summed E-state index contributed by atoms with van der Waals surface area (Å²) in [5.74, 6) is 0. The summed E-state index contributed by atoms with van der Waals surface area (Å²) in [7, 11) is 0. The molecule has 3 nitrogen and oxygen atoms in total. The zero-order valence-electron chi connectivity index (χ0n) is 13.5. The van der Waals surface area contributed by atoms with Crippen molar-refractivity contribution in [3.63, 3.8) is 0 Å². The van der Waals surface area contributed by atoms with Crippen molar-refractivity contribution in [2.75, 3.05) is 0 Å². The van der Waals surface area contributed by atoms with Gasteiger partial charge in [-0.3, -0.25) is 4.79 Å². The molecule has 0 saturated carbocycles. The van der Waals surface area contributed by atoms with Crippen LogP contribution in [0.4, 0.5) is 0 Å². The second-order valence-corrected chi connectivity index (χ2v) is 5.92. The fraction of sp³-hybridized carbons (Fsp3) is 0.100. The van der Waals surface area contributed by atoms with Crippen LogP contribution < -0.4 is 0 Å². The zero-order chi connectivity index (χ0) is 17.1. The minimum atomic E-state index is -0.545. The number of carbonyl (C=O) groups excluding carboxylic acids is 1. The standard InChI is InChI=1S/C20H17ClN2O/c1-14(13-16-9-5-3-6-10-16)19-15(2)18(20(21)24)22-23(19)17-11-7-4-8-12-17/h3-13H,1-2H3. The van der Waals surface area contributed by atoms with E-state index in [0.717, 1.165) is 28.1 Å². The molecule has 0 bridgehead atoms. The fourth-order valence-corrected chi connectivity index (χ4v) is 2.95. The number of aromatic nitrogens is 2. The van der Waals surface area contributed by atoms with Crippen molar-refractivity contribution in [3.05, 3.63) is 83.2 Å². The molecule has 24 heavy (non-hydrogen) atoms. The normalized spacial score (nSPS) is 11.5. The second kappa shape index (κ2) is 6.85. The van der Waals surface area contributed by atoms with Crippen molar-refractivity contribution in [1.29, 1.82) is 0 Å². The van der Waals surface area contributed by atoms with Gasteiger partial charge in [0.25, 0.3) is 5.24 Å². The third kappa shape index (κ3) is 3.17. The van der Waals surface area contributed by atoms with E-state index in [9.17, 15) is 4.79 Å². The molecule has 0 spiro atoms. The Hall–Kier alpha value is -2.65. The quantitative estimate of drug-likeness (QED) is 0.620. The first-order valence-electron chi connectivity index (χ1n) is 7.66. The van der Waals surface area contributed by atoms with Crippen LogP contribution in [-0.4, -0.2) is 15.0 Å². The summed E-state index contributed by atoms with van der Waals surface area (Å²) >= 11 is 5.71. The molecule has 0 radical (unpaired) electrons. The zero-order valence-corrected chi connectivity index (χ0v) is 14.3. The lowest BCUT2D eigenvalue weighted by molar-refractivity contribution is 0.107. The predicted molar refractivity (Wildman–Crippen MR) is 98.5 cm³/mol. The van der Waals surface area contributed by atoms with E-state index in [1.165, 1.54) is 0 Å². The monoisotopic (exact) mass is 336 g/mol. The first-order chi connectivity index (χ1) is 11.6. The van der Waals surface area contributed by atoms with E-state index in [2.05, 4.69) is 11.2 Å². The maximum Gasteiger partial charge on any atom is 0.273 e. The van der Waals surface area contributed by atoms with E-state index >= 15 is 0 Å². The molecule has 0 amide bonds. The first-order valence-corrected chi connectivity index (χ1v) is 8.04. The van der Waals surface area contributed by atoms with Crippen LogP contribution in [0.15, 0.2) is 60.7 Å². The third-order valence-corrected chi connectivity index (χ3v) is 4.04. The van der Waals surface area contributed by atoms with Crippen LogP contribution in [0, 0.1) is 6.92 Å². The number of hydrogen-bond acceptors (Lipinski definition) is 2. The Morgan fingerprint density at radius 1 is 1.04 bits per heavy atom. The number of hydrogen-bond donors (Lipinski definition) is 0. The van der Waals surface area contributed by atoms with Crippen molar-refractivity contribution >= 4 is 28.5 Å². The molecule has 120 valence electrons. The number of nitrogens with zero attached hydrogens (tertiary/aromatic N) is 2. The highest BCUT2D eigenvalue weighted by atomic mass is 35.5. The van der Waals surface area contributed by atoms with E-state index in [-0.39, 0.29) is 5.69 Å². The molecule has 1 aromatic heterocycles. The Morgan fingerprint density at radius 3 is 2.21 bits per heavy atom. The summed E-state index contributed by atoms with van der Waals surface area (Å²) in [6.07, 6.45) is 2.08. The van der Waals surface area contributed by atoms with Gasteiger partial charge in [-0.05, 0) is 54.8 Å². The Morgan fingerprint density at radius 2 is 1.62 bits per heavy atom. The third-order valence-electron chi connectivity index (χ3n) is 3.87. The van der Waals surface area contributed by atoms with E-state index < -0.39 is 5.24 Å². The lowest BCUT2D eigenvalue weighted by Crippen LogP contribution is -2.01. The van der Waals surface area contributed by atoms with Crippen LogP contribution in [0.1, 0.15) is 34.2 Å². The maximum absolute atomic E-state index is 11.7. The van der Waals surface area contributed by atoms with Crippen molar-refractivity contribution < 1.29 is 4.79 Å². The Kier molecular flexibility index (Phi) is 4.63. The summed E-state index contributed by atoms with van der Waals surface area (Å²) in [6.45, 7) is 3.89. The predicted octanol–water partition coefficient (Wildman–Crippen LogP) is 5.12. The second-order valence-electron chi connectivity index (χ2n) is 5.58. The molecular weight excluding hydrogens is 320 g/mol. The van der Waals surface area contributed by atoms with E-state index in [1.54, 1.807) is 4.68 Å². The Labute approximate surface area is 146 Å². The number of para-hydroxylation sites is 1. The molecule has 2 aromatic carbocycles. The van der Waals surface area contributed by atoms with Gasteiger partial charge in [0.2, 0.25) is 0 Å². The van der Waals surface area contributed by atoms with Gasteiger partial charge in [-0.1, -0.05) is 48.5 Å². The lowest BCUT2D eigenvalue weighted by atomic mass is 10.1. The van der Waals surface area contributed by atoms with Gasteiger partial charge in [0.05, 0.1) is 11.4 Å². The van der Waals surface area contributed by atoms with Gasteiger partial charge >= 0.3 is 0 Å². The van der Waals surface area contributed by atoms with Crippen molar-refractivity contribution in [1.82, 2.24) is 9.78 Å². The van der Waals surface area contributed by atoms with Crippen molar-refractivity contribution in [2.24, 2.45) is 0 Å². The molecule has 0 aliphatic carbocycles. The molecular formula is C20H17ClN2O. The van der Waals surface area contributed by atoms with Crippen LogP contribution in [-0.2, 0) is 0 Å². The van der Waals surface area contributed by atoms with Crippen LogP contribution in [0.25, 0.3) is 17.3 Å². The summed E-state index contributed by atoms with van der Waals surface area (Å²) in [4.78, 5) is 11.7. The number of benzene rings is 2. The Balaban J connectivity index is 2.19. The average Bonchev–Trinajstić information content (AvgIpc) is 2.94. The Bertz CT molecular complexity index is 896. The molecule has 1 heterocycles. The van der Waals surface area contributed by atoms with Crippen molar-refractivity contribution in [2.45, 2.75) is 13.8 Å². The van der Waals surface area contributed by atoms with Gasteiger partial charge in [0, 0.05) is 5.56 Å². The molecule has 0 saturated heterocycles. The van der Waals surface area contributed by atoms with Gasteiger partial charge in [-0.15, -0.1) is 0 Å². The summed E-state index contributed by atoms with van der Waals surface area (Å²) < 4.78 is 1.78. The number of allylic oxidation sites excluding steroid dienone is 1. The maximum atomic E-state index is 11.7. The lowest BCUT2D eigenvalue weighted by Gasteiger charge is -2.09. The summed E-state index contributed by atoms with van der Waals surface area (Å²) in [5, 5.41) is 3.89. The fourth-order valence-electron chi connectivity index (χ4n) is 2.77. The largest absolute Gasteiger partial charge is 0.274 e. The highest BCUT2D eigenvalue weighted by Crippen LogP contribution is 2.27. The topological polar surface area (TPSA) is 34.9 Å². The average molecular weight is 337 g/mol. The van der Waals surface area contributed by atoms with Gasteiger partial charge in [-0.25, -0.2) is 4.68 Å². The minimum Gasteiger partial charge on any atom is -0.274 e. The molecule has 0 N–H and O–H groups in total. The van der Waals surface area contributed by atoms with E-state index in [0.29, 0.717) is 0 Å². The van der Waals surface area contributed by atoms with E-state index in [1.807, 2.05) is 74.5 Å². The van der Waals surface area contributed by atoms with Gasteiger partial charge in [0.1, 0.15) is 5.69 Å². The molecule has 0 unspecified atom stereocenters. The number of rotatable bonds is 4. The molecule has 3 rings (SSSR count). The van der Waals surface area contributed by atoms with Gasteiger partial charge < -0.3 is 0 Å². The number of halogens is 1. The van der Waals surface area contributed by atoms with Crippen LogP contribution in [0.5, 0.6) is 0 Å². The molecule has 0 fully saturated rings. The molecule has 0 atom stereocenters. The first kappa shape index (κ1) is 16.2. The van der Waals surface area contributed by atoms with Crippen LogP contribution in [0.2, 0.25) is 0 Å². The van der Waals surface area contributed by atoms with Crippen LogP contribution >= 0.6 is 11.6 Å². The molecule has 4 heteroatoms. The summed E-state index contributed by atoms with van der Waals surface area (Å²) in [5.41, 5.74) is 4.95. The number of carbonyl (C=O) groups is 1. The van der Waals surface area contributed by atoms with Crippen LogP contribution in [0.3, 0.4) is 0 Å².